The lowest BCUT2D eigenvalue weighted by atomic mass is 10.1. The minimum absolute atomic E-state index is 0.208. The van der Waals surface area contributed by atoms with E-state index in [0.29, 0.717) is 11.6 Å². The highest BCUT2D eigenvalue weighted by Gasteiger charge is 2.26. The van der Waals surface area contributed by atoms with Crippen LogP contribution in [-0.2, 0) is 16.4 Å². The summed E-state index contributed by atoms with van der Waals surface area (Å²) in [5, 5.41) is 0.587. The van der Waals surface area contributed by atoms with E-state index in [1.54, 1.807) is 31.3 Å². The summed E-state index contributed by atoms with van der Waals surface area (Å²) in [5.74, 6) is -3.85. The summed E-state index contributed by atoms with van der Waals surface area (Å²) < 4.78 is 47.7. The highest BCUT2D eigenvalue weighted by atomic mass is 35.5. The summed E-state index contributed by atoms with van der Waals surface area (Å²) in [6, 6.07) is 11.4. The molecule has 128 valence electrons. The van der Waals surface area contributed by atoms with Crippen molar-refractivity contribution in [3.8, 4) is 0 Å². The molecule has 0 bridgehead atoms. The van der Waals surface area contributed by atoms with Crippen LogP contribution in [0.3, 0.4) is 0 Å². The fourth-order valence-electron chi connectivity index (χ4n) is 2.05. The molecule has 0 aliphatic heterocycles. The average Bonchev–Trinajstić information content (AvgIpc) is 2.56. The highest BCUT2D eigenvalue weighted by molar-refractivity contribution is 7.91. The molecule has 0 aliphatic carbocycles. The smallest absolute Gasteiger partial charge is 0.337 e. The minimum Gasteiger partial charge on any atom is -0.337 e. The normalized spacial score (nSPS) is 11.5. The molecule has 0 saturated heterocycles. The second-order valence-electron chi connectivity index (χ2n) is 5.12. The van der Waals surface area contributed by atoms with Crippen LogP contribution in [0.25, 0.3) is 0 Å². The number of sulfone groups is 1. The van der Waals surface area contributed by atoms with Crippen molar-refractivity contribution < 1.29 is 22.0 Å². The molecule has 1 amide bonds. The standard InChI is InChI=1S/C16H14ClF2NO3S/c1-20(10-11-2-6-13(17)7-3-11)15(21)12-4-8-14(9-5-12)24(22,23)16(18)19/h2-9,16H,10H2,1H3. The molecule has 2 rings (SSSR count). The third kappa shape index (κ3) is 4.10. The van der Waals surface area contributed by atoms with E-state index in [4.69, 9.17) is 11.6 Å². The van der Waals surface area contributed by atoms with Gasteiger partial charge in [-0.25, -0.2) is 8.42 Å². The monoisotopic (exact) mass is 373 g/mol. The van der Waals surface area contributed by atoms with Gasteiger partial charge in [-0.05, 0) is 42.0 Å². The van der Waals surface area contributed by atoms with E-state index in [0.717, 1.165) is 17.7 Å². The Morgan fingerprint density at radius 1 is 1.08 bits per heavy atom. The van der Waals surface area contributed by atoms with Crippen molar-refractivity contribution in [1.82, 2.24) is 4.90 Å². The van der Waals surface area contributed by atoms with Crippen LogP contribution in [0.15, 0.2) is 53.4 Å². The molecule has 0 spiro atoms. The molecule has 0 heterocycles. The molecule has 4 nitrogen and oxygen atoms in total. The van der Waals surface area contributed by atoms with Gasteiger partial charge in [0.1, 0.15) is 0 Å². The van der Waals surface area contributed by atoms with Gasteiger partial charge in [0.05, 0.1) is 4.90 Å². The van der Waals surface area contributed by atoms with E-state index < -0.39 is 20.5 Å². The summed E-state index contributed by atoms with van der Waals surface area (Å²) in [4.78, 5) is 13.2. The van der Waals surface area contributed by atoms with Crippen molar-refractivity contribution >= 4 is 27.3 Å². The van der Waals surface area contributed by atoms with E-state index in [1.165, 1.54) is 17.0 Å². The van der Waals surface area contributed by atoms with Gasteiger partial charge in [0, 0.05) is 24.2 Å². The van der Waals surface area contributed by atoms with Crippen LogP contribution in [0.4, 0.5) is 8.78 Å². The Hall–Kier alpha value is -1.99. The SMILES string of the molecule is CN(Cc1ccc(Cl)cc1)C(=O)c1ccc(S(=O)(=O)C(F)F)cc1. The molecular formula is C16H14ClF2NO3S. The van der Waals surface area contributed by atoms with Crippen LogP contribution >= 0.6 is 11.6 Å². The highest BCUT2D eigenvalue weighted by Crippen LogP contribution is 2.19. The molecule has 0 aromatic heterocycles. The first-order chi connectivity index (χ1) is 11.2. The Kier molecular flexibility index (Phi) is 5.56. The Balaban J connectivity index is 2.13. The molecule has 2 aromatic carbocycles. The Labute approximate surface area is 143 Å². The molecule has 0 saturated carbocycles. The molecule has 0 radical (unpaired) electrons. The molecule has 8 heteroatoms. The summed E-state index contributed by atoms with van der Waals surface area (Å²) in [6.45, 7) is 0.326. The number of carbonyl (C=O) groups excluding carboxylic acids is 1. The molecule has 0 aliphatic rings. The number of carbonyl (C=O) groups is 1. The third-order valence-electron chi connectivity index (χ3n) is 3.34. The van der Waals surface area contributed by atoms with Crippen LogP contribution in [-0.4, -0.2) is 32.0 Å². The van der Waals surface area contributed by atoms with Crippen LogP contribution in [0, 0.1) is 0 Å². The molecule has 0 fully saturated rings. The Morgan fingerprint density at radius 2 is 1.62 bits per heavy atom. The van der Waals surface area contributed by atoms with E-state index in [-0.39, 0.29) is 11.5 Å². The van der Waals surface area contributed by atoms with E-state index in [9.17, 15) is 22.0 Å². The fourth-order valence-corrected chi connectivity index (χ4v) is 2.89. The predicted molar refractivity (Wildman–Crippen MR) is 86.9 cm³/mol. The van der Waals surface area contributed by atoms with E-state index >= 15 is 0 Å². The molecule has 0 unspecified atom stereocenters. The topological polar surface area (TPSA) is 54.5 Å². The van der Waals surface area contributed by atoms with Crippen LogP contribution in [0.5, 0.6) is 0 Å². The summed E-state index contributed by atoms with van der Waals surface area (Å²) in [5.41, 5.74) is 1.08. The molecule has 0 atom stereocenters. The van der Waals surface area contributed by atoms with Crippen molar-refractivity contribution in [3.05, 3.63) is 64.7 Å². The zero-order chi connectivity index (χ0) is 17.9. The lowest BCUT2D eigenvalue weighted by molar-refractivity contribution is 0.0785. The average molecular weight is 374 g/mol. The number of halogens is 3. The van der Waals surface area contributed by atoms with E-state index in [2.05, 4.69) is 0 Å². The lowest BCUT2D eigenvalue weighted by Gasteiger charge is -2.17. The largest absolute Gasteiger partial charge is 0.341 e. The first-order valence-electron chi connectivity index (χ1n) is 6.84. The molecular weight excluding hydrogens is 360 g/mol. The lowest BCUT2D eigenvalue weighted by Crippen LogP contribution is -2.26. The zero-order valence-corrected chi connectivity index (χ0v) is 14.2. The van der Waals surface area contributed by atoms with Gasteiger partial charge >= 0.3 is 5.76 Å². The maximum Gasteiger partial charge on any atom is 0.341 e. The zero-order valence-electron chi connectivity index (χ0n) is 12.6. The molecule has 0 N–H and O–H groups in total. The van der Waals surface area contributed by atoms with Gasteiger partial charge in [-0.1, -0.05) is 23.7 Å². The summed E-state index contributed by atoms with van der Waals surface area (Å²) in [7, 11) is -3.08. The number of nitrogens with zero attached hydrogens (tertiary/aromatic N) is 1. The first kappa shape index (κ1) is 18.4. The maximum atomic E-state index is 12.5. The van der Waals surface area contributed by atoms with Crippen molar-refractivity contribution in [2.75, 3.05) is 7.05 Å². The van der Waals surface area contributed by atoms with Crippen LogP contribution in [0.2, 0.25) is 5.02 Å². The minimum atomic E-state index is -4.66. The van der Waals surface area contributed by atoms with Crippen molar-refractivity contribution in [1.29, 1.82) is 0 Å². The third-order valence-corrected chi connectivity index (χ3v) is 4.99. The second kappa shape index (κ2) is 7.27. The number of hydrogen-bond acceptors (Lipinski definition) is 3. The number of benzene rings is 2. The number of rotatable bonds is 5. The van der Waals surface area contributed by atoms with Crippen molar-refractivity contribution in [2.45, 2.75) is 17.2 Å². The number of alkyl halides is 2. The fraction of sp³-hybridized carbons (Fsp3) is 0.188. The van der Waals surface area contributed by atoms with Gasteiger partial charge in [-0.2, -0.15) is 8.78 Å². The Bertz CT molecular complexity index is 821. The quantitative estimate of drug-likeness (QED) is 0.804. The van der Waals surface area contributed by atoms with Gasteiger partial charge in [0.15, 0.2) is 0 Å². The first-order valence-corrected chi connectivity index (χ1v) is 8.76. The van der Waals surface area contributed by atoms with Crippen LogP contribution in [0.1, 0.15) is 15.9 Å². The van der Waals surface area contributed by atoms with Gasteiger partial charge in [-0.3, -0.25) is 4.79 Å². The van der Waals surface area contributed by atoms with Gasteiger partial charge in [-0.15, -0.1) is 0 Å². The van der Waals surface area contributed by atoms with Crippen LogP contribution < -0.4 is 0 Å². The summed E-state index contributed by atoms with van der Waals surface area (Å²) >= 11 is 5.80. The predicted octanol–water partition coefficient (Wildman–Crippen LogP) is 3.61. The summed E-state index contributed by atoms with van der Waals surface area (Å²) in [6.07, 6.45) is 0. The van der Waals surface area contributed by atoms with Crippen molar-refractivity contribution in [2.24, 2.45) is 0 Å². The molecule has 2 aromatic rings. The van der Waals surface area contributed by atoms with Gasteiger partial charge < -0.3 is 4.90 Å². The van der Waals surface area contributed by atoms with Gasteiger partial charge in [0.25, 0.3) is 5.91 Å². The maximum absolute atomic E-state index is 12.5. The molecule has 24 heavy (non-hydrogen) atoms. The van der Waals surface area contributed by atoms with Crippen molar-refractivity contribution in [3.63, 3.8) is 0 Å². The number of amides is 1. The Morgan fingerprint density at radius 3 is 2.12 bits per heavy atom. The van der Waals surface area contributed by atoms with Gasteiger partial charge in [0.2, 0.25) is 9.84 Å². The number of hydrogen-bond donors (Lipinski definition) is 0. The second-order valence-corrected chi connectivity index (χ2v) is 7.47. The van der Waals surface area contributed by atoms with E-state index in [1.807, 2.05) is 0 Å².